The summed E-state index contributed by atoms with van der Waals surface area (Å²) in [5.74, 6) is 0.299. The van der Waals surface area contributed by atoms with E-state index >= 15 is 0 Å². The number of para-hydroxylation sites is 1. The Morgan fingerprint density at radius 3 is 2.56 bits per heavy atom. The number of hydrogen-bond acceptors (Lipinski definition) is 2. The Labute approximate surface area is 118 Å². The molecule has 0 radical (unpaired) electrons. The van der Waals surface area contributed by atoms with Gasteiger partial charge in [-0.1, -0.05) is 35.3 Å². The maximum atomic E-state index is 12.2. The van der Waals surface area contributed by atoms with Crippen LogP contribution in [0.3, 0.4) is 0 Å². The Morgan fingerprint density at radius 2 is 1.83 bits per heavy atom. The van der Waals surface area contributed by atoms with Crippen molar-refractivity contribution < 1.29 is 4.21 Å². The molecule has 0 aliphatic carbocycles. The van der Waals surface area contributed by atoms with E-state index < -0.39 is 10.8 Å². The van der Waals surface area contributed by atoms with Crippen LogP contribution in [-0.4, -0.2) is 4.21 Å². The molecule has 0 spiro atoms. The van der Waals surface area contributed by atoms with Gasteiger partial charge in [-0.3, -0.25) is 4.21 Å². The first-order valence-electron chi connectivity index (χ1n) is 5.25. The number of benzene rings is 2. The van der Waals surface area contributed by atoms with E-state index in [0.29, 0.717) is 26.4 Å². The lowest BCUT2D eigenvalue weighted by atomic mass is 10.2. The lowest BCUT2D eigenvalue weighted by Crippen LogP contribution is -2.01. The zero-order valence-electron chi connectivity index (χ0n) is 9.40. The average molecular weight is 300 g/mol. The van der Waals surface area contributed by atoms with Gasteiger partial charge in [-0.25, -0.2) is 0 Å². The van der Waals surface area contributed by atoms with Crippen molar-refractivity contribution >= 4 is 39.7 Å². The molecule has 0 aliphatic heterocycles. The molecule has 18 heavy (non-hydrogen) atoms. The molecule has 0 bridgehead atoms. The summed E-state index contributed by atoms with van der Waals surface area (Å²) in [5.41, 5.74) is 7.07. The van der Waals surface area contributed by atoms with E-state index in [1.807, 2.05) is 12.1 Å². The first-order valence-corrected chi connectivity index (χ1v) is 7.32. The van der Waals surface area contributed by atoms with Gasteiger partial charge in [0.2, 0.25) is 0 Å². The number of nitrogens with two attached hydrogens (primary N) is 1. The van der Waals surface area contributed by atoms with Gasteiger partial charge >= 0.3 is 0 Å². The molecule has 2 N–H and O–H groups in total. The van der Waals surface area contributed by atoms with Crippen LogP contribution in [0, 0.1) is 0 Å². The van der Waals surface area contributed by atoms with Crippen molar-refractivity contribution in [2.24, 2.45) is 0 Å². The quantitative estimate of drug-likeness (QED) is 0.874. The summed E-state index contributed by atoms with van der Waals surface area (Å²) in [5, 5.41) is 1.13. The van der Waals surface area contributed by atoms with Crippen LogP contribution in [-0.2, 0) is 16.6 Å². The summed E-state index contributed by atoms with van der Waals surface area (Å²) in [7, 11) is -1.23. The molecule has 0 heterocycles. The first-order chi connectivity index (χ1) is 8.58. The van der Waals surface area contributed by atoms with Gasteiger partial charge in [0, 0.05) is 15.7 Å². The topological polar surface area (TPSA) is 43.1 Å². The zero-order chi connectivity index (χ0) is 13.1. The summed E-state index contributed by atoms with van der Waals surface area (Å²) in [6.07, 6.45) is 0. The predicted molar refractivity (Wildman–Crippen MR) is 77.4 cm³/mol. The fraction of sp³-hybridized carbons (Fsp3) is 0.0769. The second kappa shape index (κ2) is 5.74. The molecular weight excluding hydrogens is 289 g/mol. The van der Waals surface area contributed by atoms with Crippen LogP contribution in [0.4, 0.5) is 5.69 Å². The summed E-state index contributed by atoms with van der Waals surface area (Å²) in [6, 6.07) is 12.2. The summed E-state index contributed by atoms with van der Waals surface area (Å²) in [6.45, 7) is 0. The van der Waals surface area contributed by atoms with Crippen LogP contribution in [0.25, 0.3) is 0 Å². The molecule has 2 rings (SSSR count). The fourth-order valence-electron chi connectivity index (χ4n) is 1.56. The van der Waals surface area contributed by atoms with E-state index in [-0.39, 0.29) is 0 Å². The molecule has 5 heteroatoms. The lowest BCUT2D eigenvalue weighted by Gasteiger charge is -2.07. The highest BCUT2D eigenvalue weighted by atomic mass is 35.5. The third kappa shape index (κ3) is 3.05. The van der Waals surface area contributed by atoms with E-state index in [9.17, 15) is 4.21 Å². The van der Waals surface area contributed by atoms with Crippen molar-refractivity contribution in [3.8, 4) is 0 Å². The zero-order valence-corrected chi connectivity index (χ0v) is 11.7. The maximum absolute atomic E-state index is 12.2. The van der Waals surface area contributed by atoms with Gasteiger partial charge < -0.3 is 5.73 Å². The van der Waals surface area contributed by atoms with Crippen LogP contribution in [0.1, 0.15) is 5.56 Å². The molecule has 1 unspecified atom stereocenters. The third-order valence-corrected chi connectivity index (χ3v) is 4.50. The van der Waals surface area contributed by atoms with Crippen LogP contribution in [0.15, 0.2) is 47.4 Å². The van der Waals surface area contributed by atoms with E-state index in [2.05, 4.69) is 0 Å². The minimum atomic E-state index is -1.23. The molecule has 0 amide bonds. The molecular formula is C13H11Cl2NOS. The van der Waals surface area contributed by atoms with Gasteiger partial charge in [0.15, 0.2) is 0 Å². The average Bonchev–Trinajstić information content (AvgIpc) is 2.34. The third-order valence-electron chi connectivity index (χ3n) is 2.46. The first kappa shape index (κ1) is 13.4. The highest BCUT2D eigenvalue weighted by Crippen LogP contribution is 2.25. The highest BCUT2D eigenvalue weighted by Gasteiger charge is 2.10. The summed E-state index contributed by atoms with van der Waals surface area (Å²) >= 11 is 11.9. The smallest absolute Gasteiger partial charge is 0.0620 e. The van der Waals surface area contributed by atoms with Gasteiger partial charge in [-0.05, 0) is 35.9 Å². The van der Waals surface area contributed by atoms with E-state index in [1.54, 1.807) is 30.3 Å². The van der Waals surface area contributed by atoms with Crippen LogP contribution in [0.2, 0.25) is 10.0 Å². The standard InChI is InChI=1S/C13H11Cl2NOS/c14-10-5-6-11(15)9(7-10)8-18(17)13-4-2-1-3-12(13)16/h1-7H,8,16H2. The van der Waals surface area contributed by atoms with Crippen molar-refractivity contribution in [2.75, 3.05) is 5.73 Å². The summed E-state index contributed by atoms with van der Waals surface area (Å²) in [4.78, 5) is 0.619. The Morgan fingerprint density at radius 1 is 1.11 bits per heavy atom. The molecule has 0 aromatic heterocycles. The van der Waals surface area contributed by atoms with Gasteiger partial charge in [-0.2, -0.15) is 0 Å². The summed E-state index contributed by atoms with van der Waals surface area (Å²) < 4.78 is 12.2. The molecule has 0 saturated heterocycles. The highest BCUT2D eigenvalue weighted by molar-refractivity contribution is 7.84. The lowest BCUT2D eigenvalue weighted by molar-refractivity contribution is 0.683. The Hall–Kier alpha value is -1.03. The van der Waals surface area contributed by atoms with Crippen LogP contribution < -0.4 is 5.73 Å². The SMILES string of the molecule is Nc1ccccc1S(=O)Cc1cc(Cl)ccc1Cl. The normalized spacial score (nSPS) is 12.3. The second-order valence-electron chi connectivity index (χ2n) is 3.76. The van der Waals surface area contributed by atoms with E-state index in [0.717, 1.165) is 5.56 Å². The van der Waals surface area contributed by atoms with Crippen LogP contribution >= 0.6 is 23.2 Å². The molecule has 2 aromatic carbocycles. The largest absolute Gasteiger partial charge is 0.398 e. The monoisotopic (exact) mass is 299 g/mol. The second-order valence-corrected chi connectivity index (χ2v) is 6.03. The van der Waals surface area contributed by atoms with E-state index in [1.165, 1.54) is 0 Å². The van der Waals surface area contributed by atoms with Gasteiger partial charge in [0.25, 0.3) is 0 Å². The Kier molecular flexibility index (Phi) is 4.27. The number of hydrogen-bond donors (Lipinski definition) is 1. The Bertz CT molecular complexity index is 601. The number of halogens is 2. The van der Waals surface area contributed by atoms with Crippen molar-refractivity contribution in [3.05, 3.63) is 58.1 Å². The number of nitrogen functional groups attached to an aromatic ring is 1. The van der Waals surface area contributed by atoms with Crippen LogP contribution in [0.5, 0.6) is 0 Å². The molecule has 0 aliphatic rings. The fourth-order valence-corrected chi connectivity index (χ4v) is 3.26. The van der Waals surface area contributed by atoms with Crippen molar-refractivity contribution in [1.82, 2.24) is 0 Å². The molecule has 2 aromatic rings. The maximum Gasteiger partial charge on any atom is 0.0620 e. The predicted octanol–water partition coefficient (Wildman–Crippen LogP) is 3.88. The van der Waals surface area contributed by atoms with E-state index in [4.69, 9.17) is 28.9 Å². The molecule has 2 nitrogen and oxygen atoms in total. The minimum Gasteiger partial charge on any atom is -0.398 e. The van der Waals surface area contributed by atoms with Gasteiger partial charge in [0.1, 0.15) is 0 Å². The van der Waals surface area contributed by atoms with Gasteiger partial charge in [0.05, 0.1) is 21.4 Å². The number of rotatable bonds is 3. The van der Waals surface area contributed by atoms with Crippen molar-refractivity contribution in [1.29, 1.82) is 0 Å². The van der Waals surface area contributed by atoms with Gasteiger partial charge in [-0.15, -0.1) is 0 Å². The number of anilines is 1. The molecule has 94 valence electrons. The molecule has 1 atom stereocenters. The van der Waals surface area contributed by atoms with Crippen molar-refractivity contribution in [2.45, 2.75) is 10.6 Å². The van der Waals surface area contributed by atoms with Crippen molar-refractivity contribution in [3.63, 3.8) is 0 Å². The molecule has 0 fully saturated rings. The minimum absolute atomic E-state index is 0.299. The Balaban J connectivity index is 2.27. The molecule has 0 saturated carbocycles.